The summed E-state index contributed by atoms with van der Waals surface area (Å²) in [5.41, 5.74) is 3.51. The molecule has 0 atom stereocenters. The molecule has 0 spiro atoms. The van der Waals surface area contributed by atoms with E-state index in [0.717, 1.165) is 31.7 Å². The normalized spacial score (nSPS) is 11.7. The molecule has 0 unspecified atom stereocenters. The van der Waals surface area contributed by atoms with Gasteiger partial charge in [0.15, 0.2) is 0 Å². The molecule has 0 aliphatic heterocycles. The third-order valence-corrected chi connectivity index (χ3v) is 6.02. The molecule has 0 radical (unpaired) electrons. The summed E-state index contributed by atoms with van der Waals surface area (Å²) >= 11 is 4.72. The number of hydrogen-bond acceptors (Lipinski definition) is 6. The second-order valence-electron chi connectivity index (χ2n) is 6.12. The van der Waals surface area contributed by atoms with Crippen LogP contribution in [0.5, 0.6) is 5.75 Å². The predicted octanol–water partition coefficient (Wildman–Crippen LogP) is 4.45. The third-order valence-electron chi connectivity index (χ3n) is 4.25. The van der Waals surface area contributed by atoms with Gasteiger partial charge in [0.05, 0.1) is 35.7 Å². The maximum atomic E-state index is 13.1. The van der Waals surface area contributed by atoms with E-state index in [0.29, 0.717) is 12.3 Å². The molecule has 0 aliphatic rings. The third kappa shape index (κ3) is 4.50. The van der Waals surface area contributed by atoms with Crippen molar-refractivity contribution in [1.29, 1.82) is 0 Å². The minimum absolute atomic E-state index is 0.290. The Morgan fingerprint density at radius 1 is 1.31 bits per heavy atom. The average molecular weight is 485 g/mol. The van der Waals surface area contributed by atoms with Gasteiger partial charge in [-0.05, 0) is 59.8 Å². The highest BCUT2D eigenvalue weighted by molar-refractivity contribution is 9.10. The Hall–Kier alpha value is -2.27. The second-order valence-corrected chi connectivity index (χ2v) is 7.68. The van der Waals surface area contributed by atoms with E-state index in [9.17, 15) is 8.78 Å². The number of rotatable bonds is 7. The first-order chi connectivity index (χ1) is 13.8. The Balaban J connectivity index is 1.94. The number of ether oxygens (including phenoxy) is 1. The fourth-order valence-electron chi connectivity index (χ4n) is 2.77. The number of hydrogen-bond donors (Lipinski definition) is 0. The van der Waals surface area contributed by atoms with Gasteiger partial charge < -0.3 is 4.74 Å². The highest BCUT2D eigenvalue weighted by Crippen LogP contribution is 2.25. The van der Waals surface area contributed by atoms with E-state index in [2.05, 4.69) is 36.3 Å². The van der Waals surface area contributed by atoms with Gasteiger partial charge in [0.2, 0.25) is 11.0 Å². The topological polar surface area (TPSA) is 70.1 Å². The molecule has 2 aromatic heterocycles. The zero-order valence-electron chi connectivity index (χ0n) is 16.2. The molecule has 154 valence electrons. The van der Waals surface area contributed by atoms with E-state index in [4.69, 9.17) is 4.74 Å². The van der Waals surface area contributed by atoms with E-state index in [1.54, 1.807) is 19.4 Å². The number of thioether (sulfide) groups is 1. The number of methoxy groups -OCH3 is 1. The molecule has 0 fully saturated rings. The summed E-state index contributed by atoms with van der Waals surface area (Å²) < 4.78 is 35.6. The molecule has 3 aromatic rings. The van der Waals surface area contributed by atoms with Crippen LogP contribution in [0.4, 0.5) is 8.78 Å². The lowest BCUT2D eigenvalue weighted by Crippen LogP contribution is -2.06. The van der Waals surface area contributed by atoms with Crippen LogP contribution in [0.2, 0.25) is 0 Å². The van der Waals surface area contributed by atoms with E-state index in [-0.39, 0.29) is 5.16 Å². The Morgan fingerprint density at radius 3 is 2.66 bits per heavy atom. The van der Waals surface area contributed by atoms with E-state index in [1.165, 1.54) is 18.0 Å². The van der Waals surface area contributed by atoms with Crippen molar-refractivity contribution in [3.8, 4) is 5.75 Å². The molecule has 1 aromatic carbocycles. The van der Waals surface area contributed by atoms with Crippen LogP contribution < -0.4 is 4.74 Å². The zero-order valence-corrected chi connectivity index (χ0v) is 18.6. The monoisotopic (exact) mass is 484 g/mol. The van der Waals surface area contributed by atoms with Crippen molar-refractivity contribution < 1.29 is 13.5 Å². The van der Waals surface area contributed by atoms with Crippen LogP contribution in [-0.4, -0.2) is 44.2 Å². The average Bonchev–Trinajstić information content (AvgIpc) is 3.23. The molecular formula is C18H19BrF2N6OS. The molecule has 0 amide bonds. The molecule has 0 saturated carbocycles. The highest BCUT2D eigenvalue weighted by atomic mass is 79.9. The summed E-state index contributed by atoms with van der Waals surface area (Å²) in [6.07, 6.45) is 0.453. The molecule has 2 heterocycles. The van der Waals surface area contributed by atoms with Gasteiger partial charge in [-0.2, -0.15) is 14.9 Å². The van der Waals surface area contributed by atoms with Crippen molar-refractivity contribution >= 4 is 33.9 Å². The van der Waals surface area contributed by atoms with Crippen molar-refractivity contribution in [3.05, 3.63) is 51.0 Å². The van der Waals surface area contributed by atoms with Gasteiger partial charge in [-0.25, -0.2) is 8.78 Å². The number of aryl methyl sites for hydroxylation is 1. The Kier molecular flexibility index (Phi) is 6.68. The number of aromatic nitrogens is 5. The number of halogens is 3. The lowest BCUT2D eigenvalue weighted by Gasteiger charge is -2.11. The van der Waals surface area contributed by atoms with Crippen molar-refractivity contribution in [1.82, 2.24) is 24.7 Å². The van der Waals surface area contributed by atoms with Gasteiger partial charge in [0.1, 0.15) is 5.75 Å². The minimum atomic E-state index is -2.77. The molecule has 11 heteroatoms. The van der Waals surface area contributed by atoms with Gasteiger partial charge in [-0.1, -0.05) is 11.8 Å². The number of alkyl halides is 2. The molecule has 0 aliphatic carbocycles. The summed E-state index contributed by atoms with van der Waals surface area (Å²) in [7, 11) is 1.60. The highest BCUT2D eigenvalue weighted by Gasteiger charge is 2.19. The van der Waals surface area contributed by atoms with E-state index >= 15 is 0 Å². The molecular weight excluding hydrogens is 466 g/mol. The Morgan fingerprint density at radius 2 is 2.07 bits per heavy atom. The second kappa shape index (κ2) is 9.04. The fraction of sp³-hybridized carbons (Fsp3) is 0.333. The van der Waals surface area contributed by atoms with Crippen LogP contribution in [-0.2, 0) is 6.54 Å². The van der Waals surface area contributed by atoms with E-state index in [1.807, 2.05) is 30.7 Å². The summed E-state index contributed by atoms with van der Waals surface area (Å²) in [6.45, 7) is 4.40. The maximum absolute atomic E-state index is 13.1. The zero-order chi connectivity index (χ0) is 21.1. The smallest absolute Gasteiger partial charge is 0.299 e. The quantitative estimate of drug-likeness (QED) is 0.365. The Bertz CT molecular complexity index is 1050. The molecule has 3 rings (SSSR count). The SMILES string of the molecule is COc1ccc(C=Nn2c(SC)nnc2C(F)F)cc1Cn1nc(C)c(Br)c1C. The lowest BCUT2D eigenvalue weighted by molar-refractivity contribution is 0.135. The lowest BCUT2D eigenvalue weighted by atomic mass is 10.1. The van der Waals surface area contributed by atoms with Crippen LogP contribution in [0, 0.1) is 13.8 Å². The number of nitrogens with zero attached hydrogens (tertiary/aromatic N) is 6. The molecule has 0 bridgehead atoms. The molecule has 0 N–H and O–H groups in total. The van der Waals surface area contributed by atoms with Crippen molar-refractivity contribution in [2.75, 3.05) is 13.4 Å². The van der Waals surface area contributed by atoms with Crippen LogP contribution >= 0.6 is 27.7 Å². The summed E-state index contributed by atoms with van der Waals surface area (Å²) in [5, 5.41) is 16.2. The summed E-state index contributed by atoms with van der Waals surface area (Å²) in [6, 6.07) is 5.50. The van der Waals surface area contributed by atoms with Crippen LogP contribution in [0.15, 0.2) is 32.9 Å². The van der Waals surface area contributed by atoms with Crippen molar-refractivity contribution in [3.63, 3.8) is 0 Å². The van der Waals surface area contributed by atoms with Crippen LogP contribution in [0.25, 0.3) is 0 Å². The van der Waals surface area contributed by atoms with Crippen LogP contribution in [0.3, 0.4) is 0 Å². The number of benzene rings is 1. The van der Waals surface area contributed by atoms with Gasteiger partial charge in [0.25, 0.3) is 6.43 Å². The van der Waals surface area contributed by atoms with Gasteiger partial charge in [0, 0.05) is 5.56 Å². The molecule has 7 nitrogen and oxygen atoms in total. The largest absolute Gasteiger partial charge is 0.496 e. The first-order valence-electron chi connectivity index (χ1n) is 8.54. The fourth-order valence-corrected chi connectivity index (χ4v) is 3.49. The first-order valence-corrected chi connectivity index (χ1v) is 10.6. The van der Waals surface area contributed by atoms with Crippen molar-refractivity contribution in [2.24, 2.45) is 5.10 Å². The predicted molar refractivity (Wildman–Crippen MR) is 111 cm³/mol. The maximum Gasteiger partial charge on any atom is 0.299 e. The van der Waals surface area contributed by atoms with Gasteiger partial charge in [-0.3, -0.25) is 4.68 Å². The standard InChI is InChI=1S/C18H19BrF2N6OS/c1-10-15(19)11(2)26(25-10)9-13-7-12(5-6-14(13)28-3)8-22-27-17(16(20)21)23-24-18(27)29-4/h5-8,16H,9H2,1-4H3. The van der Waals surface area contributed by atoms with Gasteiger partial charge >= 0.3 is 0 Å². The van der Waals surface area contributed by atoms with Gasteiger partial charge in [-0.15, -0.1) is 10.2 Å². The summed E-state index contributed by atoms with van der Waals surface area (Å²) in [5.74, 6) is 0.208. The van der Waals surface area contributed by atoms with E-state index < -0.39 is 12.2 Å². The minimum Gasteiger partial charge on any atom is -0.496 e. The Labute approximate surface area is 179 Å². The van der Waals surface area contributed by atoms with Crippen LogP contribution in [0.1, 0.15) is 34.8 Å². The first kappa shape index (κ1) is 21.4. The van der Waals surface area contributed by atoms with Crippen molar-refractivity contribution in [2.45, 2.75) is 32.0 Å². The molecule has 0 saturated heterocycles. The molecule has 29 heavy (non-hydrogen) atoms. The summed E-state index contributed by atoms with van der Waals surface area (Å²) in [4.78, 5) is 0.